The Morgan fingerprint density at radius 3 is 2.75 bits per heavy atom. The van der Waals surface area contributed by atoms with Gasteiger partial charge in [-0.25, -0.2) is 4.79 Å². The van der Waals surface area contributed by atoms with Gasteiger partial charge in [0.25, 0.3) is 0 Å². The lowest BCUT2D eigenvalue weighted by molar-refractivity contribution is -0.387. The summed E-state index contributed by atoms with van der Waals surface area (Å²) in [6.45, 7) is 5.06. The van der Waals surface area contributed by atoms with E-state index in [0.29, 0.717) is 4.90 Å². The first-order chi connectivity index (χ1) is 11.1. The topological polar surface area (TPSA) is 111 Å². The van der Waals surface area contributed by atoms with Gasteiger partial charge < -0.3 is 15.4 Å². The molecule has 0 aliphatic carbocycles. The number of hydrogen-bond acceptors (Lipinski definition) is 6. The number of alkyl carbamates (subject to hydrolysis) is 1. The van der Waals surface area contributed by atoms with Crippen LogP contribution in [0.1, 0.15) is 20.8 Å². The van der Waals surface area contributed by atoms with E-state index in [1.165, 1.54) is 0 Å². The van der Waals surface area contributed by atoms with Crippen LogP contribution in [0.25, 0.3) is 0 Å². The Hall–Kier alpha value is -2.36. The number of thioether (sulfide) groups is 1. The molecule has 0 aromatic heterocycles. The number of amides is 2. The van der Waals surface area contributed by atoms with Crippen molar-refractivity contribution in [3.8, 4) is 0 Å². The number of nitrogens with one attached hydrogen (secondary N) is 2. The summed E-state index contributed by atoms with van der Waals surface area (Å²) in [6, 6.07) is 1.04. The fourth-order valence-electron chi connectivity index (χ4n) is 1.93. The van der Waals surface area contributed by atoms with Crippen LogP contribution in [-0.4, -0.2) is 34.3 Å². The number of halogens is 1. The molecule has 0 unspecified atom stereocenters. The second-order valence-corrected chi connectivity index (χ2v) is 7.12. The van der Waals surface area contributed by atoms with E-state index in [2.05, 4.69) is 10.6 Å². The van der Waals surface area contributed by atoms with E-state index in [9.17, 15) is 24.1 Å². The number of hydrogen-bond donors (Lipinski definition) is 2. The Kier molecular flexibility index (Phi) is 4.97. The lowest BCUT2D eigenvalue weighted by Gasteiger charge is -2.22. The number of carbonyl (C=O) groups excluding carboxylic acids is 2. The summed E-state index contributed by atoms with van der Waals surface area (Å²) < 4.78 is 18.8. The highest BCUT2D eigenvalue weighted by Gasteiger charge is 2.29. The van der Waals surface area contributed by atoms with Gasteiger partial charge in [0.05, 0.1) is 10.6 Å². The number of nitro benzene ring substituents is 1. The fourth-order valence-corrected chi connectivity index (χ4v) is 2.96. The highest BCUT2D eigenvalue weighted by Crippen LogP contribution is 2.35. The maximum Gasteiger partial charge on any atom is 0.408 e. The van der Waals surface area contributed by atoms with Crippen molar-refractivity contribution in [3.63, 3.8) is 0 Å². The first-order valence-electron chi connectivity index (χ1n) is 6.98. The predicted octanol–water partition coefficient (Wildman–Crippen LogP) is 2.67. The number of benzene rings is 1. The number of carbonyl (C=O) groups is 2. The molecule has 0 radical (unpaired) electrons. The fraction of sp³-hybridized carbons (Fsp3) is 0.429. The van der Waals surface area contributed by atoms with Crippen molar-refractivity contribution in [1.29, 1.82) is 0 Å². The van der Waals surface area contributed by atoms with E-state index in [1.807, 2.05) is 0 Å². The van der Waals surface area contributed by atoms with Crippen LogP contribution in [0.2, 0.25) is 0 Å². The van der Waals surface area contributed by atoms with Crippen molar-refractivity contribution in [2.24, 2.45) is 0 Å². The Bertz CT molecular complexity index is 704. The van der Waals surface area contributed by atoms with Crippen molar-refractivity contribution in [2.75, 3.05) is 11.1 Å². The molecule has 2 N–H and O–H groups in total. The third-order valence-electron chi connectivity index (χ3n) is 2.92. The molecule has 1 aliphatic heterocycles. The molecule has 2 amide bonds. The average Bonchev–Trinajstić information content (AvgIpc) is 2.56. The summed E-state index contributed by atoms with van der Waals surface area (Å²) in [4.78, 5) is 34.2. The zero-order valence-electron chi connectivity index (χ0n) is 13.2. The van der Waals surface area contributed by atoms with E-state index in [4.69, 9.17) is 4.74 Å². The molecule has 1 heterocycles. The van der Waals surface area contributed by atoms with Crippen molar-refractivity contribution in [1.82, 2.24) is 5.32 Å². The van der Waals surface area contributed by atoms with E-state index in [1.54, 1.807) is 20.8 Å². The number of nitro groups is 1. The molecule has 0 fully saturated rings. The Morgan fingerprint density at radius 1 is 1.50 bits per heavy atom. The molecule has 0 bridgehead atoms. The van der Waals surface area contributed by atoms with Crippen molar-refractivity contribution >= 4 is 35.1 Å². The molecule has 8 nitrogen and oxygen atoms in total. The summed E-state index contributed by atoms with van der Waals surface area (Å²) >= 11 is 1.10. The highest BCUT2D eigenvalue weighted by molar-refractivity contribution is 7.99. The standard InChI is InChI=1S/C14H16FN3O5S/c1-14(2,3)23-13(20)17-9-6-24-11-4-7(15)10(18(21)22)5-8(11)16-12(9)19/h4-5,9H,6H2,1-3H3,(H,16,19)(H,17,20)/t9-/m0/s1. The van der Waals surface area contributed by atoms with Crippen LogP contribution in [0.3, 0.4) is 0 Å². The van der Waals surface area contributed by atoms with Crippen molar-refractivity contribution in [3.05, 3.63) is 28.1 Å². The summed E-state index contributed by atoms with van der Waals surface area (Å²) in [5.74, 6) is -1.41. The molecule has 130 valence electrons. The second kappa shape index (κ2) is 6.63. The van der Waals surface area contributed by atoms with Gasteiger partial charge in [-0.1, -0.05) is 0 Å². The first-order valence-corrected chi connectivity index (χ1v) is 7.96. The normalized spacial score (nSPS) is 17.3. The summed E-state index contributed by atoms with van der Waals surface area (Å²) in [7, 11) is 0. The van der Waals surface area contributed by atoms with E-state index in [-0.39, 0.29) is 11.4 Å². The van der Waals surface area contributed by atoms with Gasteiger partial charge in [-0.3, -0.25) is 14.9 Å². The second-order valence-electron chi connectivity index (χ2n) is 6.06. The van der Waals surface area contributed by atoms with Crippen LogP contribution < -0.4 is 10.6 Å². The monoisotopic (exact) mass is 357 g/mol. The minimum absolute atomic E-state index is 0.131. The number of anilines is 1. The summed E-state index contributed by atoms with van der Waals surface area (Å²) in [6.07, 6.45) is -0.758. The minimum atomic E-state index is -0.987. The van der Waals surface area contributed by atoms with Gasteiger partial charge in [-0.05, 0) is 26.8 Å². The maximum atomic E-state index is 13.7. The zero-order chi connectivity index (χ0) is 18.1. The molecule has 10 heteroatoms. The summed E-state index contributed by atoms with van der Waals surface area (Å²) in [5, 5.41) is 15.7. The molecule has 2 rings (SSSR count). The van der Waals surface area contributed by atoms with Crippen LogP contribution in [0.4, 0.5) is 20.6 Å². The quantitative estimate of drug-likeness (QED) is 0.622. The van der Waals surface area contributed by atoms with Crippen LogP contribution >= 0.6 is 11.8 Å². The number of nitrogens with zero attached hydrogens (tertiary/aromatic N) is 1. The smallest absolute Gasteiger partial charge is 0.408 e. The van der Waals surface area contributed by atoms with Crippen LogP contribution in [0.15, 0.2) is 17.0 Å². The third-order valence-corrected chi connectivity index (χ3v) is 4.07. The molecule has 0 saturated carbocycles. The predicted molar refractivity (Wildman–Crippen MR) is 85.6 cm³/mol. The Labute approximate surface area is 141 Å². The Morgan fingerprint density at radius 2 is 2.17 bits per heavy atom. The largest absolute Gasteiger partial charge is 0.444 e. The van der Waals surface area contributed by atoms with Gasteiger partial charge in [0.2, 0.25) is 11.7 Å². The minimum Gasteiger partial charge on any atom is -0.444 e. The molecule has 0 spiro atoms. The van der Waals surface area contributed by atoms with Crippen molar-refractivity contribution < 1.29 is 23.6 Å². The molecule has 24 heavy (non-hydrogen) atoms. The van der Waals surface area contributed by atoms with E-state index in [0.717, 1.165) is 23.9 Å². The lowest BCUT2D eigenvalue weighted by Crippen LogP contribution is -2.46. The van der Waals surface area contributed by atoms with Gasteiger partial charge >= 0.3 is 11.8 Å². The van der Waals surface area contributed by atoms with Gasteiger partial charge in [-0.15, -0.1) is 11.8 Å². The van der Waals surface area contributed by atoms with E-state index < -0.39 is 40.1 Å². The van der Waals surface area contributed by atoms with Gasteiger partial charge in [0, 0.05) is 16.7 Å². The maximum absolute atomic E-state index is 13.7. The van der Waals surface area contributed by atoms with Crippen LogP contribution in [0.5, 0.6) is 0 Å². The molecule has 1 aliphatic rings. The SMILES string of the molecule is CC(C)(C)OC(=O)N[C@H]1CSc2cc(F)c([N+](=O)[O-])cc2NC1=O. The third kappa shape index (κ3) is 4.34. The number of fused-ring (bicyclic) bond motifs is 1. The zero-order valence-corrected chi connectivity index (χ0v) is 14.0. The highest BCUT2D eigenvalue weighted by atomic mass is 32.2. The average molecular weight is 357 g/mol. The van der Waals surface area contributed by atoms with Gasteiger partial charge in [0.15, 0.2) is 0 Å². The Balaban J connectivity index is 2.16. The van der Waals surface area contributed by atoms with Crippen LogP contribution in [0, 0.1) is 15.9 Å². The molecule has 0 saturated heterocycles. The molecule has 1 aromatic rings. The number of rotatable bonds is 2. The summed E-state index contributed by atoms with van der Waals surface area (Å²) in [5.41, 5.74) is -1.31. The van der Waals surface area contributed by atoms with E-state index >= 15 is 0 Å². The lowest BCUT2D eigenvalue weighted by atomic mass is 10.2. The molecule has 1 aromatic carbocycles. The molecule has 1 atom stereocenters. The molecular weight excluding hydrogens is 341 g/mol. The first kappa shape index (κ1) is 18.0. The van der Waals surface area contributed by atoms with Crippen LogP contribution in [-0.2, 0) is 9.53 Å². The molecular formula is C14H16FN3O5S. The number of ether oxygens (including phenoxy) is 1. The van der Waals surface area contributed by atoms with Gasteiger partial charge in [-0.2, -0.15) is 4.39 Å². The van der Waals surface area contributed by atoms with Gasteiger partial charge in [0.1, 0.15) is 11.6 Å². The van der Waals surface area contributed by atoms with Crippen molar-refractivity contribution in [2.45, 2.75) is 37.3 Å².